The molecule has 0 aliphatic carbocycles. The molecule has 2 aromatic rings. The number of aliphatic hydroxyl groups is 1. The minimum absolute atomic E-state index is 0.227. The Morgan fingerprint density at radius 3 is 2.68 bits per heavy atom. The lowest BCUT2D eigenvalue weighted by Gasteiger charge is -2.32. The number of fused-ring (bicyclic) bond motifs is 1. The number of benzene rings is 2. The lowest BCUT2D eigenvalue weighted by Crippen LogP contribution is -2.33. The van der Waals surface area contributed by atoms with Crippen LogP contribution in [0.2, 0.25) is 0 Å². The van der Waals surface area contributed by atoms with Gasteiger partial charge >= 0.3 is 0 Å². The van der Waals surface area contributed by atoms with Crippen molar-refractivity contribution in [3.8, 4) is 0 Å². The molecule has 0 aromatic heterocycles. The molecule has 3 rings (SSSR count). The van der Waals surface area contributed by atoms with E-state index in [-0.39, 0.29) is 5.82 Å². The van der Waals surface area contributed by atoms with Gasteiger partial charge in [0.1, 0.15) is 5.82 Å². The van der Waals surface area contributed by atoms with Crippen LogP contribution in [0, 0.1) is 5.82 Å². The number of nitrogens with zero attached hydrogens (tertiary/aromatic N) is 1. The molecule has 0 spiro atoms. The fourth-order valence-electron chi connectivity index (χ4n) is 2.65. The Morgan fingerprint density at radius 2 is 1.89 bits per heavy atom. The monoisotopic (exact) mass is 257 g/mol. The maximum atomic E-state index is 13.8. The van der Waals surface area contributed by atoms with Crippen molar-refractivity contribution in [1.29, 1.82) is 0 Å². The van der Waals surface area contributed by atoms with Gasteiger partial charge in [-0.25, -0.2) is 4.39 Å². The van der Waals surface area contributed by atoms with Crippen LogP contribution in [0.4, 0.5) is 4.39 Å². The van der Waals surface area contributed by atoms with Crippen molar-refractivity contribution in [3.05, 3.63) is 71.0 Å². The molecule has 1 aliphatic rings. The quantitative estimate of drug-likeness (QED) is 0.894. The zero-order valence-electron chi connectivity index (χ0n) is 10.6. The standard InChI is InChI=1S/C16H16FNO/c17-15-8-4-7-13-14(15)10-18(11-16(13)19)9-12-5-2-1-3-6-12/h1-8,16,19H,9-11H2. The van der Waals surface area contributed by atoms with Gasteiger partial charge in [-0.2, -0.15) is 0 Å². The van der Waals surface area contributed by atoms with E-state index in [9.17, 15) is 9.50 Å². The van der Waals surface area contributed by atoms with E-state index in [1.807, 2.05) is 36.4 Å². The molecule has 0 fully saturated rings. The molecule has 1 unspecified atom stereocenters. The van der Waals surface area contributed by atoms with E-state index in [4.69, 9.17) is 0 Å². The number of β-amino-alcohol motifs (C(OH)–C–C–N with tert-alkyl or cyclic N) is 1. The molecule has 98 valence electrons. The second-order valence-electron chi connectivity index (χ2n) is 4.98. The summed E-state index contributed by atoms with van der Waals surface area (Å²) in [6.45, 7) is 1.82. The van der Waals surface area contributed by atoms with Gasteiger partial charge in [-0.3, -0.25) is 4.90 Å². The summed E-state index contributed by atoms with van der Waals surface area (Å²) in [5.41, 5.74) is 2.52. The van der Waals surface area contributed by atoms with E-state index < -0.39 is 6.10 Å². The highest BCUT2D eigenvalue weighted by atomic mass is 19.1. The summed E-state index contributed by atoms with van der Waals surface area (Å²) in [6.07, 6.45) is -0.608. The SMILES string of the molecule is OC1CN(Cc2ccccc2)Cc2c(F)cccc21. The van der Waals surface area contributed by atoms with E-state index in [0.717, 1.165) is 12.1 Å². The summed E-state index contributed by atoms with van der Waals surface area (Å²) in [5, 5.41) is 10.1. The van der Waals surface area contributed by atoms with Crippen LogP contribution in [0.5, 0.6) is 0 Å². The molecule has 0 radical (unpaired) electrons. The summed E-state index contributed by atoms with van der Waals surface area (Å²) >= 11 is 0. The van der Waals surface area contributed by atoms with Gasteiger partial charge in [-0.15, -0.1) is 0 Å². The van der Waals surface area contributed by atoms with E-state index in [1.54, 1.807) is 6.07 Å². The average Bonchev–Trinajstić information content (AvgIpc) is 2.41. The van der Waals surface area contributed by atoms with Gasteiger partial charge in [0.25, 0.3) is 0 Å². The Hall–Kier alpha value is -1.71. The van der Waals surface area contributed by atoms with Gasteiger partial charge in [0, 0.05) is 25.2 Å². The van der Waals surface area contributed by atoms with Gasteiger partial charge in [0.2, 0.25) is 0 Å². The molecule has 0 saturated heterocycles. The summed E-state index contributed by atoms with van der Waals surface area (Å²) in [7, 11) is 0. The minimum atomic E-state index is -0.608. The van der Waals surface area contributed by atoms with E-state index in [0.29, 0.717) is 18.7 Å². The van der Waals surface area contributed by atoms with Crippen LogP contribution in [-0.4, -0.2) is 16.6 Å². The minimum Gasteiger partial charge on any atom is -0.387 e. The van der Waals surface area contributed by atoms with Crippen LogP contribution in [0.15, 0.2) is 48.5 Å². The Balaban J connectivity index is 1.83. The normalized spacial score (nSPS) is 19.2. The van der Waals surface area contributed by atoms with Crippen LogP contribution in [0.1, 0.15) is 22.8 Å². The molecule has 1 heterocycles. The van der Waals surface area contributed by atoms with Gasteiger partial charge < -0.3 is 5.11 Å². The second-order valence-corrected chi connectivity index (χ2v) is 4.98. The topological polar surface area (TPSA) is 23.5 Å². The number of halogens is 1. The highest BCUT2D eigenvalue weighted by Crippen LogP contribution is 2.29. The number of rotatable bonds is 2. The molecular weight excluding hydrogens is 241 g/mol. The molecule has 2 aromatic carbocycles. The van der Waals surface area contributed by atoms with E-state index in [2.05, 4.69) is 4.90 Å². The Kier molecular flexibility index (Phi) is 3.32. The first-order chi connectivity index (χ1) is 9.24. The van der Waals surface area contributed by atoms with Gasteiger partial charge in [-0.1, -0.05) is 42.5 Å². The third kappa shape index (κ3) is 2.53. The molecule has 19 heavy (non-hydrogen) atoms. The van der Waals surface area contributed by atoms with Crippen molar-refractivity contribution in [3.63, 3.8) is 0 Å². The lowest BCUT2D eigenvalue weighted by atomic mass is 9.96. The van der Waals surface area contributed by atoms with Crippen molar-refractivity contribution < 1.29 is 9.50 Å². The summed E-state index contributed by atoms with van der Waals surface area (Å²) in [6, 6.07) is 15.0. The lowest BCUT2D eigenvalue weighted by molar-refractivity contribution is 0.0864. The second kappa shape index (κ2) is 5.11. The predicted octanol–water partition coefficient (Wildman–Crippen LogP) is 2.87. The molecule has 1 N–H and O–H groups in total. The van der Waals surface area contributed by atoms with Crippen LogP contribution < -0.4 is 0 Å². The number of hydrogen-bond donors (Lipinski definition) is 1. The maximum absolute atomic E-state index is 13.8. The fraction of sp³-hybridized carbons (Fsp3) is 0.250. The first-order valence-electron chi connectivity index (χ1n) is 6.45. The molecule has 1 atom stereocenters. The maximum Gasteiger partial charge on any atom is 0.128 e. The fourth-order valence-corrected chi connectivity index (χ4v) is 2.65. The summed E-state index contributed by atoms with van der Waals surface area (Å²) < 4.78 is 13.8. The highest BCUT2D eigenvalue weighted by molar-refractivity contribution is 5.32. The predicted molar refractivity (Wildman–Crippen MR) is 71.9 cm³/mol. The molecule has 0 saturated carbocycles. The third-order valence-corrected chi connectivity index (χ3v) is 3.58. The van der Waals surface area contributed by atoms with Crippen LogP contribution in [0.25, 0.3) is 0 Å². The first-order valence-corrected chi connectivity index (χ1v) is 6.45. The molecule has 2 nitrogen and oxygen atoms in total. The van der Waals surface area contributed by atoms with Gasteiger partial charge in [0.15, 0.2) is 0 Å². The Labute approximate surface area is 112 Å². The average molecular weight is 257 g/mol. The highest BCUT2D eigenvalue weighted by Gasteiger charge is 2.25. The first kappa shape index (κ1) is 12.3. The van der Waals surface area contributed by atoms with Crippen molar-refractivity contribution in [2.24, 2.45) is 0 Å². The van der Waals surface area contributed by atoms with Crippen molar-refractivity contribution in [1.82, 2.24) is 4.90 Å². The Morgan fingerprint density at radius 1 is 1.11 bits per heavy atom. The zero-order valence-corrected chi connectivity index (χ0v) is 10.6. The summed E-state index contributed by atoms with van der Waals surface area (Å²) in [4.78, 5) is 2.07. The van der Waals surface area contributed by atoms with Gasteiger partial charge in [0.05, 0.1) is 6.10 Å². The molecule has 3 heteroatoms. The van der Waals surface area contributed by atoms with E-state index >= 15 is 0 Å². The molecule has 0 amide bonds. The van der Waals surface area contributed by atoms with Crippen LogP contribution in [0.3, 0.4) is 0 Å². The number of aliphatic hydroxyl groups excluding tert-OH is 1. The molecule has 0 bridgehead atoms. The third-order valence-electron chi connectivity index (χ3n) is 3.58. The van der Waals surface area contributed by atoms with E-state index in [1.165, 1.54) is 11.6 Å². The Bertz CT molecular complexity index is 570. The summed E-state index contributed by atoms with van der Waals surface area (Å²) in [5.74, 6) is -0.227. The number of hydrogen-bond acceptors (Lipinski definition) is 2. The van der Waals surface area contributed by atoms with Crippen molar-refractivity contribution in [2.75, 3.05) is 6.54 Å². The van der Waals surface area contributed by atoms with Gasteiger partial charge in [-0.05, 0) is 17.2 Å². The zero-order chi connectivity index (χ0) is 13.2. The largest absolute Gasteiger partial charge is 0.387 e. The van der Waals surface area contributed by atoms with Crippen molar-refractivity contribution in [2.45, 2.75) is 19.2 Å². The van der Waals surface area contributed by atoms with Crippen molar-refractivity contribution >= 4 is 0 Å². The smallest absolute Gasteiger partial charge is 0.128 e. The van der Waals surface area contributed by atoms with Crippen LogP contribution in [-0.2, 0) is 13.1 Å². The molecular formula is C16H16FNO. The van der Waals surface area contributed by atoms with Crippen LogP contribution >= 0.6 is 0 Å². The molecule has 1 aliphatic heterocycles.